The predicted octanol–water partition coefficient (Wildman–Crippen LogP) is 2.88. The summed E-state index contributed by atoms with van der Waals surface area (Å²) in [5, 5.41) is 4.14. The summed E-state index contributed by atoms with van der Waals surface area (Å²) in [5.74, 6) is 0. The van der Waals surface area contributed by atoms with Gasteiger partial charge in [0.25, 0.3) is 5.56 Å². The molecule has 1 saturated heterocycles. The third-order valence-corrected chi connectivity index (χ3v) is 4.55. The second-order valence-corrected chi connectivity index (χ2v) is 5.83. The average Bonchev–Trinajstić information content (AvgIpc) is 2.95. The zero-order valence-electron chi connectivity index (χ0n) is 11.3. The van der Waals surface area contributed by atoms with Gasteiger partial charge in [-0.15, -0.1) is 0 Å². The van der Waals surface area contributed by atoms with E-state index >= 15 is 0 Å². The highest BCUT2D eigenvalue weighted by molar-refractivity contribution is 9.10. The number of anilines is 1. The minimum Gasteiger partial charge on any atom is -0.362 e. The van der Waals surface area contributed by atoms with E-state index in [1.54, 1.807) is 13.2 Å². The topological polar surface area (TPSA) is 38.1 Å². The van der Waals surface area contributed by atoms with Crippen LogP contribution in [0.15, 0.2) is 45.8 Å². The minimum absolute atomic E-state index is 0.0961. The van der Waals surface area contributed by atoms with Gasteiger partial charge in [0.2, 0.25) is 0 Å². The number of hydrogen-bond acceptors (Lipinski definition) is 3. The SMILES string of the molecule is Cn1ncc(N2CCCC2c2ccccc2)c(Br)c1=O. The summed E-state index contributed by atoms with van der Waals surface area (Å²) in [7, 11) is 1.66. The molecule has 0 radical (unpaired) electrons. The molecule has 1 fully saturated rings. The zero-order valence-corrected chi connectivity index (χ0v) is 12.9. The highest BCUT2D eigenvalue weighted by Crippen LogP contribution is 2.37. The third-order valence-electron chi connectivity index (χ3n) is 3.81. The maximum atomic E-state index is 12.0. The zero-order chi connectivity index (χ0) is 14.1. The first-order valence-electron chi connectivity index (χ1n) is 6.72. The van der Waals surface area contributed by atoms with E-state index in [-0.39, 0.29) is 5.56 Å². The number of halogens is 1. The number of aromatic nitrogens is 2. The molecule has 1 atom stereocenters. The van der Waals surface area contributed by atoms with Crippen molar-refractivity contribution in [2.45, 2.75) is 18.9 Å². The molecule has 0 aliphatic carbocycles. The molecule has 1 aliphatic rings. The van der Waals surface area contributed by atoms with Gasteiger partial charge in [0, 0.05) is 13.6 Å². The number of hydrogen-bond donors (Lipinski definition) is 0. The van der Waals surface area contributed by atoms with Crippen LogP contribution in [0.1, 0.15) is 24.4 Å². The van der Waals surface area contributed by atoms with Crippen molar-refractivity contribution in [1.82, 2.24) is 9.78 Å². The maximum absolute atomic E-state index is 12.0. The summed E-state index contributed by atoms with van der Waals surface area (Å²) < 4.78 is 1.94. The minimum atomic E-state index is -0.0961. The molecule has 20 heavy (non-hydrogen) atoms. The molecule has 0 spiro atoms. The summed E-state index contributed by atoms with van der Waals surface area (Å²) in [6.07, 6.45) is 4.00. The molecule has 1 aromatic carbocycles. The van der Waals surface area contributed by atoms with Crippen molar-refractivity contribution < 1.29 is 0 Å². The van der Waals surface area contributed by atoms with Crippen molar-refractivity contribution in [3.05, 3.63) is 56.9 Å². The first-order chi connectivity index (χ1) is 9.68. The summed E-state index contributed by atoms with van der Waals surface area (Å²) in [6, 6.07) is 10.8. The smallest absolute Gasteiger partial charge is 0.282 e. The molecule has 1 aliphatic heterocycles. The number of rotatable bonds is 2. The van der Waals surface area contributed by atoms with Crippen LogP contribution in [0.2, 0.25) is 0 Å². The second-order valence-electron chi connectivity index (χ2n) is 5.03. The lowest BCUT2D eigenvalue weighted by Gasteiger charge is -2.27. The molecular formula is C15H16BrN3O. The lowest BCUT2D eigenvalue weighted by molar-refractivity contribution is 0.680. The largest absolute Gasteiger partial charge is 0.362 e. The molecule has 1 unspecified atom stereocenters. The lowest BCUT2D eigenvalue weighted by atomic mass is 10.0. The van der Waals surface area contributed by atoms with Crippen molar-refractivity contribution in [3.8, 4) is 0 Å². The van der Waals surface area contributed by atoms with Crippen LogP contribution >= 0.6 is 15.9 Å². The van der Waals surface area contributed by atoms with Gasteiger partial charge in [-0.3, -0.25) is 4.79 Å². The van der Waals surface area contributed by atoms with Gasteiger partial charge in [-0.05, 0) is 34.3 Å². The summed E-state index contributed by atoms with van der Waals surface area (Å²) in [6.45, 7) is 0.951. The summed E-state index contributed by atoms with van der Waals surface area (Å²) >= 11 is 3.43. The van der Waals surface area contributed by atoms with E-state index in [1.165, 1.54) is 10.2 Å². The fourth-order valence-corrected chi connectivity index (χ4v) is 3.37. The van der Waals surface area contributed by atoms with Gasteiger partial charge in [0.1, 0.15) is 4.47 Å². The summed E-state index contributed by atoms with van der Waals surface area (Å²) in [4.78, 5) is 14.3. The molecule has 104 valence electrons. The van der Waals surface area contributed by atoms with E-state index in [1.807, 2.05) is 6.07 Å². The molecule has 3 rings (SSSR count). The van der Waals surface area contributed by atoms with E-state index in [4.69, 9.17) is 0 Å². The molecule has 5 heteroatoms. The molecule has 0 saturated carbocycles. The van der Waals surface area contributed by atoms with Gasteiger partial charge in [-0.2, -0.15) is 5.10 Å². The van der Waals surface area contributed by atoms with Crippen LogP contribution in [0, 0.1) is 0 Å². The first-order valence-corrected chi connectivity index (χ1v) is 7.51. The highest BCUT2D eigenvalue weighted by Gasteiger charge is 2.28. The van der Waals surface area contributed by atoms with Gasteiger partial charge in [-0.1, -0.05) is 30.3 Å². The van der Waals surface area contributed by atoms with Gasteiger partial charge in [0.15, 0.2) is 0 Å². The molecule has 2 aromatic rings. The van der Waals surface area contributed by atoms with Crippen LogP contribution in [0.3, 0.4) is 0 Å². The van der Waals surface area contributed by atoms with E-state index in [2.05, 4.69) is 50.2 Å². The Labute approximate surface area is 126 Å². The van der Waals surface area contributed by atoms with Crippen LogP contribution in [-0.2, 0) is 7.05 Å². The quantitative estimate of drug-likeness (QED) is 0.848. The van der Waals surface area contributed by atoms with Crippen LogP contribution in [0.4, 0.5) is 5.69 Å². The molecule has 0 bridgehead atoms. The third kappa shape index (κ3) is 2.26. The Kier molecular flexibility index (Phi) is 3.61. The van der Waals surface area contributed by atoms with Crippen LogP contribution in [-0.4, -0.2) is 16.3 Å². The highest BCUT2D eigenvalue weighted by atomic mass is 79.9. The van der Waals surface area contributed by atoms with Crippen LogP contribution in [0.25, 0.3) is 0 Å². The second kappa shape index (κ2) is 5.40. The Bertz CT molecular complexity index is 669. The van der Waals surface area contributed by atoms with Gasteiger partial charge >= 0.3 is 0 Å². The van der Waals surface area contributed by atoms with Gasteiger partial charge in [0.05, 0.1) is 17.9 Å². The number of benzene rings is 1. The molecule has 2 heterocycles. The molecular weight excluding hydrogens is 318 g/mol. The molecule has 0 amide bonds. The number of nitrogens with zero attached hydrogens (tertiary/aromatic N) is 3. The van der Waals surface area contributed by atoms with Crippen molar-refractivity contribution in [2.75, 3.05) is 11.4 Å². The molecule has 1 aromatic heterocycles. The van der Waals surface area contributed by atoms with Gasteiger partial charge in [-0.25, -0.2) is 4.68 Å². The van der Waals surface area contributed by atoms with Crippen molar-refractivity contribution in [2.24, 2.45) is 7.05 Å². The Morgan fingerprint density at radius 2 is 2.05 bits per heavy atom. The Balaban J connectivity index is 2.02. The number of aryl methyl sites for hydroxylation is 1. The van der Waals surface area contributed by atoms with E-state index < -0.39 is 0 Å². The standard InChI is InChI=1S/C15H16BrN3O/c1-18-15(20)14(16)13(10-17-18)19-9-5-8-12(19)11-6-3-2-4-7-11/h2-4,6-7,10,12H,5,8-9H2,1H3. The molecule has 4 nitrogen and oxygen atoms in total. The Morgan fingerprint density at radius 3 is 2.80 bits per heavy atom. The van der Waals surface area contributed by atoms with E-state index in [0.29, 0.717) is 10.5 Å². The predicted molar refractivity (Wildman–Crippen MR) is 82.9 cm³/mol. The lowest BCUT2D eigenvalue weighted by Crippen LogP contribution is -2.28. The van der Waals surface area contributed by atoms with Crippen LogP contribution in [0.5, 0.6) is 0 Å². The van der Waals surface area contributed by atoms with Crippen molar-refractivity contribution in [1.29, 1.82) is 0 Å². The first kappa shape index (κ1) is 13.4. The maximum Gasteiger partial charge on any atom is 0.282 e. The van der Waals surface area contributed by atoms with Gasteiger partial charge < -0.3 is 4.90 Å². The van der Waals surface area contributed by atoms with Crippen molar-refractivity contribution in [3.63, 3.8) is 0 Å². The normalized spacial score (nSPS) is 18.5. The fraction of sp³-hybridized carbons (Fsp3) is 0.333. The Morgan fingerprint density at radius 1 is 1.30 bits per heavy atom. The monoisotopic (exact) mass is 333 g/mol. The summed E-state index contributed by atoms with van der Waals surface area (Å²) in [5.41, 5.74) is 2.08. The Hall–Kier alpha value is -1.62. The van der Waals surface area contributed by atoms with Crippen molar-refractivity contribution >= 4 is 21.6 Å². The fourth-order valence-electron chi connectivity index (χ4n) is 2.78. The van der Waals surface area contributed by atoms with Crippen LogP contribution < -0.4 is 10.5 Å². The van der Waals surface area contributed by atoms with E-state index in [0.717, 1.165) is 25.1 Å². The van der Waals surface area contributed by atoms with E-state index in [9.17, 15) is 4.79 Å². The molecule has 0 N–H and O–H groups in total. The average molecular weight is 334 g/mol.